The van der Waals surface area contributed by atoms with Gasteiger partial charge in [-0.25, -0.2) is 0 Å². The molecule has 2 aromatic carbocycles. The van der Waals surface area contributed by atoms with Crippen molar-refractivity contribution in [3.8, 4) is 0 Å². The summed E-state index contributed by atoms with van der Waals surface area (Å²) in [5.41, 5.74) is 9.44. The molecule has 0 atom stereocenters. The van der Waals surface area contributed by atoms with Crippen LogP contribution in [0.15, 0.2) is 48.5 Å². The molecule has 24 heavy (non-hydrogen) atoms. The van der Waals surface area contributed by atoms with E-state index in [9.17, 15) is 4.79 Å². The van der Waals surface area contributed by atoms with Gasteiger partial charge in [0.2, 0.25) is 5.91 Å². The van der Waals surface area contributed by atoms with Crippen molar-refractivity contribution in [3.05, 3.63) is 59.7 Å². The summed E-state index contributed by atoms with van der Waals surface area (Å²) >= 11 is 2.02. The molecule has 0 spiro atoms. The molecule has 1 heterocycles. The number of hydrogen-bond donors (Lipinski definition) is 2. The number of nitrogens with one attached hydrogen (secondary N) is 1. The van der Waals surface area contributed by atoms with Gasteiger partial charge in [0.05, 0.1) is 6.42 Å². The van der Waals surface area contributed by atoms with Gasteiger partial charge < -0.3 is 11.1 Å². The summed E-state index contributed by atoms with van der Waals surface area (Å²) < 4.78 is 0. The largest absolute Gasteiger partial charge is 0.399 e. The third kappa shape index (κ3) is 5.01. The Bertz CT molecular complexity index is 681. The number of hydrogen-bond acceptors (Lipinski definition) is 4. The predicted octanol–water partition coefficient (Wildman–Crippen LogP) is 3.00. The van der Waals surface area contributed by atoms with Crippen LogP contribution in [0.5, 0.6) is 0 Å². The molecule has 3 N–H and O–H groups in total. The maximum atomic E-state index is 12.2. The fraction of sp³-hybridized carbons (Fsp3) is 0.316. The highest BCUT2D eigenvalue weighted by Crippen LogP contribution is 2.16. The predicted molar refractivity (Wildman–Crippen MR) is 102 cm³/mol. The van der Waals surface area contributed by atoms with Gasteiger partial charge in [-0.2, -0.15) is 11.8 Å². The highest BCUT2D eigenvalue weighted by Gasteiger charge is 2.11. The Labute approximate surface area is 147 Å². The van der Waals surface area contributed by atoms with Crippen molar-refractivity contribution >= 4 is 29.0 Å². The molecule has 1 amide bonds. The van der Waals surface area contributed by atoms with Crippen LogP contribution in [-0.2, 0) is 17.8 Å². The first kappa shape index (κ1) is 16.9. The number of anilines is 2. The van der Waals surface area contributed by atoms with Crippen LogP contribution in [0.4, 0.5) is 11.4 Å². The topological polar surface area (TPSA) is 58.4 Å². The van der Waals surface area contributed by atoms with E-state index in [-0.39, 0.29) is 5.91 Å². The third-order valence-electron chi connectivity index (χ3n) is 4.07. The van der Waals surface area contributed by atoms with Gasteiger partial charge in [-0.15, -0.1) is 0 Å². The number of carbonyl (C=O) groups is 1. The standard InChI is InChI=1S/C19H23N3OS/c20-17-6-4-15(5-7-17)13-19(23)21-18-3-1-2-16(12-18)14-22-8-10-24-11-9-22/h1-7,12H,8-11,13-14,20H2,(H,21,23). The Morgan fingerprint density at radius 1 is 1.08 bits per heavy atom. The average molecular weight is 341 g/mol. The van der Waals surface area contributed by atoms with E-state index in [2.05, 4.69) is 22.3 Å². The molecule has 1 saturated heterocycles. The first-order valence-electron chi connectivity index (χ1n) is 8.22. The van der Waals surface area contributed by atoms with Gasteiger partial charge in [-0.1, -0.05) is 24.3 Å². The molecule has 0 saturated carbocycles. The third-order valence-corrected chi connectivity index (χ3v) is 5.01. The second kappa shape index (κ2) is 8.22. The van der Waals surface area contributed by atoms with Crippen LogP contribution in [0.25, 0.3) is 0 Å². The maximum Gasteiger partial charge on any atom is 0.228 e. The van der Waals surface area contributed by atoms with Gasteiger partial charge in [0.15, 0.2) is 0 Å². The van der Waals surface area contributed by atoms with Gasteiger partial charge in [-0.3, -0.25) is 9.69 Å². The fourth-order valence-electron chi connectivity index (χ4n) is 2.79. The molecule has 0 aliphatic carbocycles. The van der Waals surface area contributed by atoms with E-state index in [0.29, 0.717) is 12.1 Å². The van der Waals surface area contributed by atoms with E-state index in [1.165, 1.54) is 17.1 Å². The van der Waals surface area contributed by atoms with E-state index in [0.717, 1.165) is 30.9 Å². The lowest BCUT2D eigenvalue weighted by atomic mass is 10.1. The average Bonchev–Trinajstić information content (AvgIpc) is 2.58. The monoisotopic (exact) mass is 341 g/mol. The lowest BCUT2D eigenvalue weighted by Crippen LogP contribution is -2.31. The minimum Gasteiger partial charge on any atom is -0.399 e. The van der Waals surface area contributed by atoms with E-state index in [4.69, 9.17) is 5.73 Å². The maximum absolute atomic E-state index is 12.2. The lowest BCUT2D eigenvalue weighted by molar-refractivity contribution is -0.115. The molecule has 0 unspecified atom stereocenters. The fourth-order valence-corrected chi connectivity index (χ4v) is 3.77. The van der Waals surface area contributed by atoms with Crippen molar-refractivity contribution < 1.29 is 4.79 Å². The Kier molecular flexibility index (Phi) is 5.77. The van der Waals surface area contributed by atoms with Crippen molar-refractivity contribution in [2.75, 3.05) is 35.6 Å². The molecule has 3 rings (SSSR count). The van der Waals surface area contributed by atoms with E-state index in [1.807, 2.05) is 48.2 Å². The zero-order valence-corrected chi connectivity index (χ0v) is 14.5. The summed E-state index contributed by atoms with van der Waals surface area (Å²) in [5.74, 6) is 2.40. The van der Waals surface area contributed by atoms with Gasteiger partial charge in [0.1, 0.15) is 0 Å². The number of rotatable bonds is 5. The number of nitrogen functional groups attached to an aromatic ring is 1. The molecule has 0 bridgehead atoms. The SMILES string of the molecule is Nc1ccc(CC(=O)Nc2cccc(CN3CCSCC3)c2)cc1. The second-order valence-corrected chi connectivity index (χ2v) is 7.28. The van der Waals surface area contributed by atoms with Crippen LogP contribution in [0.3, 0.4) is 0 Å². The number of thioether (sulfide) groups is 1. The first-order chi connectivity index (χ1) is 11.7. The number of benzene rings is 2. The summed E-state index contributed by atoms with van der Waals surface area (Å²) in [7, 11) is 0. The molecule has 2 aromatic rings. The Morgan fingerprint density at radius 3 is 2.58 bits per heavy atom. The van der Waals surface area contributed by atoms with Crippen molar-refractivity contribution in [2.24, 2.45) is 0 Å². The highest BCUT2D eigenvalue weighted by atomic mass is 32.2. The minimum atomic E-state index is -0.00806. The van der Waals surface area contributed by atoms with Crippen LogP contribution in [0, 0.1) is 0 Å². The van der Waals surface area contributed by atoms with Gasteiger partial charge >= 0.3 is 0 Å². The van der Waals surface area contributed by atoms with E-state index < -0.39 is 0 Å². The molecule has 5 heteroatoms. The molecular formula is C19H23N3OS. The second-order valence-electron chi connectivity index (χ2n) is 6.06. The van der Waals surface area contributed by atoms with Crippen molar-refractivity contribution in [3.63, 3.8) is 0 Å². The molecule has 0 radical (unpaired) electrons. The summed E-state index contributed by atoms with van der Waals surface area (Å²) in [4.78, 5) is 14.7. The van der Waals surface area contributed by atoms with Gasteiger partial charge in [0.25, 0.3) is 0 Å². The van der Waals surface area contributed by atoms with Gasteiger partial charge in [-0.05, 0) is 35.4 Å². The molecule has 0 aromatic heterocycles. The number of amides is 1. The number of nitrogens with two attached hydrogens (primary N) is 1. The Hall–Kier alpha value is -1.98. The number of nitrogens with zero attached hydrogens (tertiary/aromatic N) is 1. The Balaban J connectivity index is 1.57. The molecule has 1 fully saturated rings. The molecule has 126 valence electrons. The molecule has 1 aliphatic heterocycles. The van der Waals surface area contributed by atoms with Crippen molar-refractivity contribution in [1.29, 1.82) is 0 Å². The normalized spacial score (nSPS) is 15.2. The quantitative estimate of drug-likeness (QED) is 0.821. The first-order valence-corrected chi connectivity index (χ1v) is 9.38. The van der Waals surface area contributed by atoms with E-state index >= 15 is 0 Å². The van der Waals surface area contributed by atoms with Crippen molar-refractivity contribution in [2.45, 2.75) is 13.0 Å². The van der Waals surface area contributed by atoms with Crippen molar-refractivity contribution in [1.82, 2.24) is 4.90 Å². The Morgan fingerprint density at radius 2 is 1.83 bits per heavy atom. The summed E-state index contributed by atoms with van der Waals surface area (Å²) in [6.45, 7) is 3.22. The summed E-state index contributed by atoms with van der Waals surface area (Å²) in [5, 5.41) is 2.99. The highest BCUT2D eigenvalue weighted by molar-refractivity contribution is 7.99. The minimum absolute atomic E-state index is 0.00806. The van der Waals surface area contributed by atoms with Gasteiger partial charge in [0, 0.05) is 42.5 Å². The zero-order chi connectivity index (χ0) is 16.8. The molecule has 1 aliphatic rings. The van der Waals surface area contributed by atoms with Crippen LogP contribution in [0.2, 0.25) is 0 Å². The lowest BCUT2D eigenvalue weighted by Gasteiger charge is -2.26. The molecule has 4 nitrogen and oxygen atoms in total. The van der Waals surface area contributed by atoms with Crippen LogP contribution < -0.4 is 11.1 Å². The summed E-state index contributed by atoms with van der Waals surface area (Å²) in [6.07, 6.45) is 0.355. The van der Waals surface area contributed by atoms with Crippen LogP contribution in [0.1, 0.15) is 11.1 Å². The smallest absolute Gasteiger partial charge is 0.228 e. The zero-order valence-electron chi connectivity index (χ0n) is 13.7. The van der Waals surface area contributed by atoms with E-state index in [1.54, 1.807) is 0 Å². The molecular weight excluding hydrogens is 318 g/mol. The van der Waals surface area contributed by atoms with Crippen LogP contribution in [-0.4, -0.2) is 35.4 Å². The number of carbonyl (C=O) groups excluding carboxylic acids is 1. The van der Waals surface area contributed by atoms with Crippen LogP contribution >= 0.6 is 11.8 Å². The summed E-state index contributed by atoms with van der Waals surface area (Å²) in [6, 6.07) is 15.6.